The Bertz CT molecular complexity index is 1060. The Balaban J connectivity index is 1.37. The maximum Gasteiger partial charge on any atom is 0.172 e. The standard InChI is InChI=1S/C21H21BrN6O/c22-19-15(2-1-8-24-19)18(29)13-6-10-28(11-7-13)21-20(25-14-3-4-14)26-16-5-9-23-12-17(16)27-21/h1-2,5,8-9,12-14H,3-4,6-7,10-11H2,(H,25,26). The number of pyridine rings is 2. The predicted molar refractivity (Wildman–Crippen MR) is 115 cm³/mol. The first-order valence-corrected chi connectivity index (χ1v) is 10.8. The molecule has 1 aliphatic carbocycles. The topological polar surface area (TPSA) is 83.9 Å². The number of halogens is 1. The molecule has 0 atom stereocenters. The summed E-state index contributed by atoms with van der Waals surface area (Å²) in [5.41, 5.74) is 2.30. The molecule has 1 aliphatic heterocycles. The van der Waals surface area contributed by atoms with Crippen molar-refractivity contribution < 1.29 is 4.79 Å². The van der Waals surface area contributed by atoms with Gasteiger partial charge in [-0.2, -0.15) is 0 Å². The molecule has 2 fully saturated rings. The molecule has 1 saturated carbocycles. The Morgan fingerprint density at radius 1 is 1.07 bits per heavy atom. The zero-order chi connectivity index (χ0) is 19.8. The van der Waals surface area contributed by atoms with E-state index < -0.39 is 0 Å². The van der Waals surface area contributed by atoms with Crippen LogP contribution in [0, 0.1) is 5.92 Å². The molecule has 0 unspecified atom stereocenters. The first-order valence-electron chi connectivity index (χ1n) is 9.97. The van der Waals surface area contributed by atoms with Crippen molar-refractivity contribution in [1.29, 1.82) is 0 Å². The lowest BCUT2D eigenvalue weighted by Crippen LogP contribution is -2.37. The quantitative estimate of drug-likeness (QED) is 0.464. The molecule has 3 aromatic rings. The van der Waals surface area contributed by atoms with Crippen LogP contribution in [-0.4, -0.2) is 44.9 Å². The Labute approximate surface area is 177 Å². The van der Waals surface area contributed by atoms with Crippen molar-refractivity contribution in [1.82, 2.24) is 19.9 Å². The molecule has 0 aromatic carbocycles. The number of anilines is 2. The van der Waals surface area contributed by atoms with Gasteiger partial charge >= 0.3 is 0 Å². The van der Waals surface area contributed by atoms with E-state index in [-0.39, 0.29) is 11.7 Å². The van der Waals surface area contributed by atoms with Crippen molar-refractivity contribution in [3.8, 4) is 0 Å². The van der Waals surface area contributed by atoms with Gasteiger partial charge in [0, 0.05) is 37.4 Å². The summed E-state index contributed by atoms with van der Waals surface area (Å²) >= 11 is 3.40. The number of fused-ring (bicyclic) bond motifs is 1. The second-order valence-corrected chi connectivity index (χ2v) is 8.40. The number of nitrogens with zero attached hydrogens (tertiary/aromatic N) is 5. The van der Waals surface area contributed by atoms with Gasteiger partial charge in [-0.25, -0.2) is 15.0 Å². The summed E-state index contributed by atoms with van der Waals surface area (Å²) in [4.78, 5) is 33.2. The summed E-state index contributed by atoms with van der Waals surface area (Å²) < 4.78 is 0.622. The van der Waals surface area contributed by atoms with Crippen molar-refractivity contribution in [2.24, 2.45) is 5.92 Å². The van der Waals surface area contributed by atoms with Crippen LogP contribution in [0.2, 0.25) is 0 Å². The molecule has 29 heavy (non-hydrogen) atoms. The van der Waals surface area contributed by atoms with E-state index in [9.17, 15) is 4.79 Å². The maximum absolute atomic E-state index is 12.9. The van der Waals surface area contributed by atoms with Gasteiger partial charge in [-0.05, 0) is 59.8 Å². The third kappa shape index (κ3) is 3.81. The van der Waals surface area contributed by atoms with Crippen molar-refractivity contribution >= 4 is 44.4 Å². The van der Waals surface area contributed by atoms with Gasteiger partial charge in [0.2, 0.25) is 0 Å². The van der Waals surface area contributed by atoms with Crippen LogP contribution in [0.5, 0.6) is 0 Å². The molecule has 148 valence electrons. The minimum absolute atomic E-state index is 0.00155. The van der Waals surface area contributed by atoms with Gasteiger partial charge in [0.15, 0.2) is 17.4 Å². The monoisotopic (exact) mass is 452 g/mol. The second kappa shape index (κ2) is 7.67. The molecule has 0 radical (unpaired) electrons. The van der Waals surface area contributed by atoms with E-state index in [1.807, 2.05) is 18.2 Å². The highest BCUT2D eigenvalue weighted by molar-refractivity contribution is 9.10. The van der Waals surface area contributed by atoms with Crippen molar-refractivity contribution in [3.05, 3.63) is 47.0 Å². The number of rotatable bonds is 5. The zero-order valence-electron chi connectivity index (χ0n) is 15.9. The van der Waals surface area contributed by atoms with Gasteiger partial charge in [-0.15, -0.1) is 0 Å². The van der Waals surface area contributed by atoms with Gasteiger partial charge in [0.25, 0.3) is 0 Å². The Kier molecular flexibility index (Phi) is 4.87. The first-order chi connectivity index (χ1) is 14.2. The number of carbonyl (C=O) groups is 1. The van der Waals surface area contributed by atoms with Gasteiger partial charge < -0.3 is 10.2 Å². The highest BCUT2D eigenvalue weighted by atomic mass is 79.9. The molecule has 1 N–H and O–H groups in total. The molecule has 7 nitrogen and oxygen atoms in total. The molecule has 0 spiro atoms. The van der Waals surface area contributed by atoms with Crippen LogP contribution in [0.3, 0.4) is 0 Å². The van der Waals surface area contributed by atoms with Gasteiger partial charge in [-0.1, -0.05) is 0 Å². The largest absolute Gasteiger partial charge is 0.364 e. The summed E-state index contributed by atoms with van der Waals surface area (Å²) in [6, 6.07) is 6.03. The van der Waals surface area contributed by atoms with E-state index >= 15 is 0 Å². The van der Waals surface area contributed by atoms with E-state index in [0.29, 0.717) is 16.2 Å². The first kappa shape index (κ1) is 18.4. The van der Waals surface area contributed by atoms with Crippen LogP contribution in [0.4, 0.5) is 11.6 Å². The summed E-state index contributed by atoms with van der Waals surface area (Å²) in [5.74, 6) is 1.87. The van der Waals surface area contributed by atoms with E-state index in [1.54, 1.807) is 18.6 Å². The Morgan fingerprint density at radius 3 is 2.66 bits per heavy atom. The highest BCUT2D eigenvalue weighted by Gasteiger charge is 2.30. The van der Waals surface area contributed by atoms with E-state index in [4.69, 9.17) is 9.97 Å². The minimum atomic E-state index is 0.00155. The summed E-state index contributed by atoms with van der Waals surface area (Å²) in [6.45, 7) is 1.54. The van der Waals surface area contributed by atoms with E-state index in [0.717, 1.165) is 48.6 Å². The predicted octanol–water partition coefficient (Wildman–Crippen LogP) is 3.86. The summed E-state index contributed by atoms with van der Waals surface area (Å²) in [7, 11) is 0. The number of hydrogen-bond acceptors (Lipinski definition) is 7. The fourth-order valence-electron chi connectivity index (χ4n) is 3.78. The maximum atomic E-state index is 12.9. The number of carbonyl (C=O) groups excluding carboxylic acids is 1. The molecular weight excluding hydrogens is 432 g/mol. The van der Waals surface area contributed by atoms with Crippen LogP contribution >= 0.6 is 15.9 Å². The van der Waals surface area contributed by atoms with Crippen LogP contribution in [0.1, 0.15) is 36.0 Å². The molecule has 4 heterocycles. The van der Waals surface area contributed by atoms with Gasteiger partial charge in [0.1, 0.15) is 10.1 Å². The number of aromatic nitrogens is 4. The van der Waals surface area contributed by atoms with Crippen molar-refractivity contribution in [2.75, 3.05) is 23.3 Å². The lowest BCUT2D eigenvalue weighted by atomic mass is 9.89. The molecule has 8 heteroatoms. The Hall–Kier alpha value is -2.61. The van der Waals surface area contributed by atoms with Crippen molar-refractivity contribution in [3.63, 3.8) is 0 Å². The Morgan fingerprint density at radius 2 is 1.90 bits per heavy atom. The molecule has 0 amide bonds. The fraction of sp³-hybridized carbons (Fsp3) is 0.381. The van der Waals surface area contributed by atoms with Crippen LogP contribution in [0.25, 0.3) is 11.0 Å². The zero-order valence-corrected chi connectivity index (χ0v) is 17.5. The van der Waals surface area contributed by atoms with E-state index in [2.05, 4.69) is 36.1 Å². The van der Waals surface area contributed by atoms with Crippen LogP contribution < -0.4 is 10.2 Å². The molecule has 2 aliphatic rings. The summed E-state index contributed by atoms with van der Waals surface area (Å²) in [6.07, 6.45) is 9.10. The number of nitrogens with one attached hydrogen (secondary N) is 1. The molecule has 5 rings (SSSR count). The van der Waals surface area contributed by atoms with Gasteiger partial charge in [-0.3, -0.25) is 9.78 Å². The minimum Gasteiger partial charge on any atom is -0.364 e. The average Bonchev–Trinajstić information content (AvgIpc) is 3.57. The van der Waals surface area contributed by atoms with Crippen molar-refractivity contribution in [2.45, 2.75) is 31.7 Å². The van der Waals surface area contributed by atoms with Crippen LogP contribution in [0.15, 0.2) is 41.4 Å². The highest BCUT2D eigenvalue weighted by Crippen LogP contribution is 2.33. The lowest BCUT2D eigenvalue weighted by Gasteiger charge is -2.33. The number of hydrogen-bond donors (Lipinski definition) is 1. The molecule has 0 bridgehead atoms. The number of Topliss-reactive ketones (excluding diaryl/α,β-unsaturated/α-hetero) is 1. The smallest absolute Gasteiger partial charge is 0.172 e. The SMILES string of the molecule is O=C(c1cccnc1Br)C1CCN(c2nc3cnccc3nc2NC2CC2)CC1. The third-order valence-corrected chi connectivity index (χ3v) is 6.19. The molecular formula is C21H21BrN6O. The number of ketones is 1. The van der Waals surface area contributed by atoms with E-state index in [1.165, 1.54) is 12.8 Å². The third-order valence-electron chi connectivity index (χ3n) is 5.56. The van der Waals surface area contributed by atoms with Crippen LogP contribution in [-0.2, 0) is 0 Å². The molecule has 1 saturated heterocycles. The summed E-state index contributed by atoms with van der Waals surface area (Å²) in [5, 5.41) is 3.52. The normalized spacial score (nSPS) is 17.5. The lowest BCUT2D eigenvalue weighted by molar-refractivity contribution is 0.0899. The second-order valence-electron chi connectivity index (χ2n) is 7.65. The number of piperidine rings is 1. The fourth-order valence-corrected chi connectivity index (χ4v) is 4.22. The average molecular weight is 453 g/mol. The van der Waals surface area contributed by atoms with Gasteiger partial charge in [0.05, 0.1) is 17.3 Å². The molecule has 3 aromatic heterocycles.